The lowest BCUT2D eigenvalue weighted by Gasteiger charge is -2.10. The fraction of sp³-hybridized carbons (Fsp3) is 0.400. The third kappa shape index (κ3) is 3.24. The highest BCUT2D eigenvalue weighted by molar-refractivity contribution is 7.98. The topological polar surface area (TPSA) is 69.9 Å². The van der Waals surface area contributed by atoms with Gasteiger partial charge in [-0.05, 0) is 25.0 Å². The summed E-state index contributed by atoms with van der Waals surface area (Å²) in [5.74, 6) is 3.50. The van der Waals surface area contributed by atoms with Gasteiger partial charge in [0.05, 0.1) is 12.0 Å². The Hall–Kier alpha value is -2.02. The minimum absolute atomic E-state index is 0.485. The van der Waals surface area contributed by atoms with Gasteiger partial charge in [0.15, 0.2) is 16.7 Å². The Kier molecular flexibility index (Phi) is 4.33. The monoisotopic (exact) mass is 318 g/mol. The van der Waals surface area contributed by atoms with E-state index in [1.54, 1.807) is 18.0 Å². The molecule has 3 rings (SSSR count). The Morgan fingerprint density at radius 1 is 1.32 bits per heavy atom. The molecule has 7 heteroatoms. The average Bonchev–Trinajstić information content (AvgIpc) is 3.17. The first-order chi connectivity index (χ1) is 10.6. The summed E-state index contributed by atoms with van der Waals surface area (Å²) in [5.41, 5.74) is 0.904. The lowest BCUT2D eigenvalue weighted by atomic mass is 10.2. The van der Waals surface area contributed by atoms with E-state index in [9.17, 15) is 0 Å². The summed E-state index contributed by atoms with van der Waals surface area (Å²) in [6.45, 7) is 7.06. The number of aryl methyl sites for hydroxylation is 1. The summed E-state index contributed by atoms with van der Waals surface area (Å²) in [6.07, 6.45) is 1.65. The van der Waals surface area contributed by atoms with Crippen molar-refractivity contribution in [1.82, 2.24) is 19.9 Å². The van der Waals surface area contributed by atoms with Crippen LogP contribution in [0.5, 0.6) is 0 Å². The second kappa shape index (κ2) is 6.39. The third-order valence-electron chi connectivity index (χ3n) is 3.03. The van der Waals surface area contributed by atoms with Gasteiger partial charge in [-0.25, -0.2) is 0 Å². The lowest BCUT2D eigenvalue weighted by molar-refractivity contribution is 0.393. The van der Waals surface area contributed by atoms with Gasteiger partial charge < -0.3 is 8.94 Å². The summed E-state index contributed by atoms with van der Waals surface area (Å²) in [7, 11) is 0. The number of hydrogen-bond acceptors (Lipinski definition) is 6. The average molecular weight is 318 g/mol. The standard InChI is InChI=1S/C15H18N4O2S/c1-10(2)8-19-14(13-5-4-6-20-13)16-17-15(19)22-9-12-7-11(3)21-18-12/h4-7,10H,8-9H2,1-3H3. The number of thioether (sulfide) groups is 1. The molecule has 3 heterocycles. The predicted molar refractivity (Wildman–Crippen MR) is 83.4 cm³/mol. The fourth-order valence-corrected chi connectivity index (χ4v) is 2.97. The molecule has 0 fully saturated rings. The maximum Gasteiger partial charge on any atom is 0.200 e. The molecule has 0 amide bonds. The normalized spacial score (nSPS) is 11.5. The molecule has 3 aromatic rings. The molecule has 3 aromatic heterocycles. The largest absolute Gasteiger partial charge is 0.461 e. The zero-order valence-corrected chi connectivity index (χ0v) is 13.6. The van der Waals surface area contributed by atoms with Crippen molar-refractivity contribution >= 4 is 11.8 Å². The highest BCUT2D eigenvalue weighted by atomic mass is 32.2. The Bertz CT molecular complexity index is 731. The molecule has 0 N–H and O–H groups in total. The summed E-state index contributed by atoms with van der Waals surface area (Å²) in [5, 5.41) is 13.5. The predicted octanol–water partition coefficient (Wildman–Crippen LogP) is 3.78. The van der Waals surface area contributed by atoms with Gasteiger partial charge in [-0.15, -0.1) is 10.2 Å². The van der Waals surface area contributed by atoms with E-state index in [4.69, 9.17) is 8.94 Å². The summed E-state index contributed by atoms with van der Waals surface area (Å²) < 4.78 is 12.7. The minimum Gasteiger partial charge on any atom is -0.461 e. The molecule has 0 unspecified atom stereocenters. The zero-order chi connectivity index (χ0) is 15.5. The molecule has 0 aliphatic rings. The SMILES string of the molecule is Cc1cc(CSc2nnc(-c3ccco3)n2CC(C)C)no1. The quantitative estimate of drug-likeness (QED) is 0.644. The summed E-state index contributed by atoms with van der Waals surface area (Å²) in [4.78, 5) is 0. The summed E-state index contributed by atoms with van der Waals surface area (Å²) >= 11 is 1.60. The number of furan rings is 1. The van der Waals surface area contributed by atoms with E-state index >= 15 is 0 Å². The Morgan fingerprint density at radius 2 is 2.18 bits per heavy atom. The number of hydrogen-bond donors (Lipinski definition) is 0. The highest BCUT2D eigenvalue weighted by Crippen LogP contribution is 2.27. The highest BCUT2D eigenvalue weighted by Gasteiger charge is 2.17. The van der Waals surface area contributed by atoms with E-state index in [0.717, 1.165) is 34.7 Å². The van der Waals surface area contributed by atoms with Crippen molar-refractivity contribution in [2.75, 3.05) is 0 Å². The molecule has 0 aliphatic carbocycles. The van der Waals surface area contributed by atoms with Crippen molar-refractivity contribution in [2.24, 2.45) is 5.92 Å². The van der Waals surface area contributed by atoms with Crippen LogP contribution in [0.4, 0.5) is 0 Å². The van der Waals surface area contributed by atoms with Gasteiger partial charge in [0, 0.05) is 18.4 Å². The molecule has 22 heavy (non-hydrogen) atoms. The van der Waals surface area contributed by atoms with Gasteiger partial charge in [0.1, 0.15) is 5.76 Å². The lowest BCUT2D eigenvalue weighted by Crippen LogP contribution is -2.07. The van der Waals surface area contributed by atoms with E-state index < -0.39 is 0 Å². The third-order valence-corrected chi connectivity index (χ3v) is 4.03. The molecular formula is C15H18N4O2S. The van der Waals surface area contributed by atoms with Crippen molar-refractivity contribution in [3.63, 3.8) is 0 Å². The van der Waals surface area contributed by atoms with Crippen molar-refractivity contribution in [1.29, 1.82) is 0 Å². The number of aromatic nitrogens is 4. The van der Waals surface area contributed by atoms with Crippen molar-refractivity contribution in [3.05, 3.63) is 35.9 Å². The van der Waals surface area contributed by atoms with Gasteiger partial charge >= 0.3 is 0 Å². The van der Waals surface area contributed by atoms with E-state index in [1.165, 1.54) is 0 Å². The molecule has 0 saturated carbocycles. The van der Waals surface area contributed by atoms with E-state index in [2.05, 4.69) is 33.8 Å². The molecule has 0 atom stereocenters. The van der Waals surface area contributed by atoms with Gasteiger partial charge in [-0.3, -0.25) is 4.57 Å². The van der Waals surface area contributed by atoms with Crippen LogP contribution in [0.15, 0.2) is 38.6 Å². The van der Waals surface area contributed by atoms with Crippen LogP contribution in [0, 0.1) is 12.8 Å². The Balaban J connectivity index is 1.83. The molecule has 0 spiro atoms. The van der Waals surface area contributed by atoms with Gasteiger partial charge in [-0.2, -0.15) is 0 Å². The van der Waals surface area contributed by atoms with E-state index in [1.807, 2.05) is 25.1 Å². The molecule has 0 bridgehead atoms. The maximum atomic E-state index is 5.46. The first-order valence-electron chi connectivity index (χ1n) is 7.15. The molecule has 116 valence electrons. The van der Waals surface area contributed by atoms with Crippen LogP contribution in [0.1, 0.15) is 25.3 Å². The van der Waals surface area contributed by atoms with Gasteiger partial charge in [0.2, 0.25) is 0 Å². The molecule has 0 saturated heterocycles. The van der Waals surface area contributed by atoms with Crippen molar-refractivity contribution in [3.8, 4) is 11.6 Å². The Morgan fingerprint density at radius 3 is 2.82 bits per heavy atom. The van der Waals surface area contributed by atoms with E-state index in [0.29, 0.717) is 11.7 Å². The van der Waals surface area contributed by atoms with Crippen LogP contribution in [0.2, 0.25) is 0 Å². The van der Waals surface area contributed by atoms with Crippen LogP contribution in [-0.4, -0.2) is 19.9 Å². The van der Waals surface area contributed by atoms with Crippen LogP contribution < -0.4 is 0 Å². The van der Waals surface area contributed by atoms with Crippen molar-refractivity contribution in [2.45, 2.75) is 38.2 Å². The van der Waals surface area contributed by atoms with Gasteiger partial charge in [0.25, 0.3) is 0 Å². The molecular weight excluding hydrogens is 300 g/mol. The molecule has 0 aromatic carbocycles. The first kappa shape index (κ1) is 14.9. The van der Waals surface area contributed by atoms with Crippen LogP contribution >= 0.6 is 11.8 Å². The first-order valence-corrected chi connectivity index (χ1v) is 8.14. The van der Waals surface area contributed by atoms with Crippen LogP contribution in [0.25, 0.3) is 11.6 Å². The smallest absolute Gasteiger partial charge is 0.200 e. The number of rotatable bonds is 6. The fourth-order valence-electron chi connectivity index (χ4n) is 2.14. The molecule has 6 nitrogen and oxygen atoms in total. The Labute approximate surface area is 132 Å². The zero-order valence-electron chi connectivity index (χ0n) is 12.8. The molecule has 0 aliphatic heterocycles. The van der Waals surface area contributed by atoms with Crippen LogP contribution in [-0.2, 0) is 12.3 Å². The second-order valence-electron chi connectivity index (χ2n) is 5.51. The van der Waals surface area contributed by atoms with Gasteiger partial charge in [-0.1, -0.05) is 30.8 Å². The minimum atomic E-state index is 0.485. The maximum absolute atomic E-state index is 5.46. The van der Waals surface area contributed by atoms with Crippen LogP contribution in [0.3, 0.4) is 0 Å². The summed E-state index contributed by atoms with van der Waals surface area (Å²) in [6, 6.07) is 5.69. The van der Waals surface area contributed by atoms with E-state index in [-0.39, 0.29) is 0 Å². The second-order valence-corrected chi connectivity index (χ2v) is 6.45. The van der Waals surface area contributed by atoms with Crippen molar-refractivity contribution < 1.29 is 8.94 Å². The molecule has 0 radical (unpaired) electrons. The number of nitrogens with zero attached hydrogens (tertiary/aromatic N) is 4.